The fraction of sp³-hybridized carbons (Fsp3) is 0.227. The van der Waals surface area contributed by atoms with Crippen LogP contribution in [0.1, 0.15) is 31.0 Å². The van der Waals surface area contributed by atoms with Crippen LogP contribution in [0.25, 0.3) is 0 Å². The molecule has 2 aromatic carbocycles. The Balaban J connectivity index is 1.78. The lowest BCUT2D eigenvalue weighted by atomic mass is 9.95. The lowest BCUT2D eigenvalue weighted by molar-refractivity contribution is -0.139. The maximum atomic E-state index is 14.0. The third-order valence-corrected chi connectivity index (χ3v) is 5.04. The van der Waals surface area contributed by atoms with E-state index in [-0.39, 0.29) is 12.3 Å². The molecule has 1 aliphatic heterocycles. The van der Waals surface area contributed by atoms with E-state index in [1.54, 1.807) is 26.0 Å². The van der Waals surface area contributed by atoms with Crippen LogP contribution in [0.4, 0.5) is 33.7 Å². The van der Waals surface area contributed by atoms with Crippen LogP contribution in [0, 0.1) is 5.82 Å². The molecule has 1 heterocycles. The zero-order valence-corrected chi connectivity index (χ0v) is 18.8. The summed E-state index contributed by atoms with van der Waals surface area (Å²) in [5.74, 6) is -1.75. The Morgan fingerprint density at radius 3 is 2.41 bits per heavy atom. The van der Waals surface area contributed by atoms with Gasteiger partial charge < -0.3 is 26.0 Å². The van der Waals surface area contributed by atoms with Gasteiger partial charge in [0.1, 0.15) is 5.82 Å². The van der Waals surface area contributed by atoms with E-state index in [0.717, 1.165) is 12.1 Å². The van der Waals surface area contributed by atoms with Crippen molar-refractivity contribution in [3.63, 3.8) is 0 Å². The Kier molecular flexibility index (Phi) is 7.40. The molecule has 1 aliphatic rings. The van der Waals surface area contributed by atoms with Crippen molar-refractivity contribution in [3.05, 3.63) is 70.7 Å². The number of hydrogen-bond donors (Lipinski definition) is 4. The number of carbonyl (C=O) groups is 2. The molecule has 0 aliphatic carbocycles. The number of rotatable bonds is 5. The molecule has 2 aromatic rings. The number of urea groups is 1. The van der Waals surface area contributed by atoms with Crippen LogP contribution in [-0.4, -0.2) is 23.7 Å². The third kappa shape index (κ3) is 5.63. The highest BCUT2D eigenvalue weighted by Gasteiger charge is 2.35. The minimum Gasteiger partial charge on any atom is -0.463 e. The van der Waals surface area contributed by atoms with Gasteiger partial charge >= 0.3 is 18.2 Å². The number of benzene rings is 2. The van der Waals surface area contributed by atoms with Crippen LogP contribution in [0.5, 0.6) is 0 Å². The summed E-state index contributed by atoms with van der Waals surface area (Å²) in [5.41, 5.74) is -0.588. The zero-order valence-electron chi connectivity index (χ0n) is 18.0. The van der Waals surface area contributed by atoms with E-state index in [2.05, 4.69) is 16.0 Å². The number of anilines is 2. The fourth-order valence-corrected chi connectivity index (χ4v) is 3.62. The number of esters is 1. The Morgan fingerprint density at radius 1 is 1.12 bits per heavy atom. The normalized spacial score (nSPS) is 15.8. The molecule has 0 radical (unpaired) electrons. The van der Waals surface area contributed by atoms with E-state index in [0.29, 0.717) is 28.0 Å². The number of thiocarbonyl (C=S) groups is 1. The number of para-hydroxylation sites is 1. The monoisotopic (exact) mass is 496 g/mol. The molecule has 0 fully saturated rings. The Bertz CT molecular complexity index is 1150. The van der Waals surface area contributed by atoms with Crippen molar-refractivity contribution in [3.8, 4) is 0 Å². The molecule has 4 N–H and O–H groups in total. The Hall–Kier alpha value is -3.67. The molecule has 3 rings (SSSR count). The fourth-order valence-electron chi connectivity index (χ4n) is 3.35. The maximum Gasteiger partial charge on any atom is 0.418 e. The van der Waals surface area contributed by atoms with E-state index in [1.165, 1.54) is 12.1 Å². The van der Waals surface area contributed by atoms with E-state index in [9.17, 15) is 27.2 Å². The number of allylic oxidation sites excluding steroid dienone is 1. The first kappa shape index (κ1) is 25.0. The summed E-state index contributed by atoms with van der Waals surface area (Å²) in [7, 11) is 0. The second-order valence-electron chi connectivity index (χ2n) is 7.15. The second kappa shape index (κ2) is 10.1. The molecule has 7 nitrogen and oxygen atoms in total. The van der Waals surface area contributed by atoms with Crippen molar-refractivity contribution in [2.24, 2.45) is 0 Å². The van der Waals surface area contributed by atoms with Crippen molar-refractivity contribution in [1.82, 2.24) is 10.6 Å². The molecule has 0 saturated carbocycles. The Morgan fingerprint density at radius 2 is 1.79 bits per heavy atom. The summed E-state index contributed by atoms with van der Waals surface area (Å²) in [6.07, 6.45) is -4.85. The summed E-state index contributed by atoms with van der Waals surface area (Å²) in [6.45, 7) is 3.55. The summed E-state index contributed by atoms with van der Waals surface area (Å²) < 4.78 is 58.4. The van der Waals surface area contributed by atoms with E-state index in [1.807, 2.05) is 5.32 Å². The lowest BCUT2D eigenvalue weighted by Crippen LogP contribution is -2.45. The quantitative estimate of drug-likeness (QED) is 0.269. The molecule has 0 bridgehead atoms. The first-order chi connectivity index (χ1) is 16.0. The smallest absolute Gasteiger partial charge is 0.418 e. The van der Waals surface area contributed by atoms with E-state index in [4.69, 9.17) is 17.0 Å². The van der Waals surface area contributed by atoms with Crippen molar-refractivity contribution in [2.75, 3.05) is 17.2 Å². The molecule has 0 spiro atoms. The maximum absolute atomic E-state index is 14.0. The van der Waals surface area contributed by atoms with Crippen molar-refractivity contribution < 1.29 is 31.9 Å². The van der Waals surface area contributed by atoms with Gasteiger partial charge in [-0.25, -0.2) is 14.0 Å². The topological polar surface area (TPSA) is 91.5 Å². The predicted molar refractivity (Wildman–Crippen MR) is 121 cm³/mol. The van der Waals surface area contributed by atoms with Gasteiger partial charge in [-0.15, -0.1) is 0 Å². The lowest BCUT2D eigenvalue weighted by Gasteiger charge is -2.29. The van der Waals surface area contributed by atoms with Crippen LogP contribution >= 0.6 is 12.2 Å². The highest BCUT2D eigenvalue weighted by molar-refractivity contribution is 7.80. The highest BCUT2D eigenvalue weighted by atomic mass is 32.1. The van der Waals surface area contributed by atoms with E-state index >= 15 is 0 Å². The molecule has 1 unspecified atom stereocenters. The molecular formula is C22H20F4N4O3S. The molecule has 34 heavy (non-hydrogen) atoms. The zero-order chi connectivity index (χ0) is 25.0. The van der Waals surface area contributed by atoms with Gasteiger partial charge in [-0.05, 0) is 55.9 Å². The van der Waals surface area contributed by atoms with Gasteiger partial charge in [-0.3, -0.25) is 0 Å². The summed E-state index contributed by atoms with van der Waals surface area (Å²) in [4.78, 5) is 24.7. The molecule has 12 heteroatoms. The van der Waals surface area contributed by atoms with Gasteiger partial charge in [0.2, 0.25) is 0 Å². The third-order valence-electron chi connectivity index (χ3n) is 4.82. The molecule has 1 atom stereocenters. The van der Waals surface area contributed by atoms with Crippen LogP contribution < -0.4 is 21.3 Å². The Labute approximate surface area is 197 Å². The van der Waals surface area contributed by atoms with E-state index < -0.39 is 41.3 Å². The van der Waals surface area contributed by atoms with Crippen molar-refractivity contribution in [1.29, 1.82) is 0 Å². The van der Waals surface area contributed by atoms with Crippen LogP contribution in [0.3, 0.4) is 0 Å². The summed E-state index contributed by atoms with van der Waals surface area (Å²) in [5, 5.41) is 10.4. The minimum atomic E-state index is -4.85. The largest absolute Gasteiger partial charge is 0.463 e. The van der Waals surface area contributed by atoms with Gasteiger partial charge in [0.25, 0.3) is 0 Å². The predicted octanol–water partition coefficient (Wildman–Crippen LogP) is 4.84. The number of amides is 2. The highest BCUT2D eigenvalue weighted by Crippen LogP contribution is 2.36. The molecule has 180 valence electrons. The van der Waals surface area contributed by atoms with Gasteiger partial charge in [-0.1, -0.05) is 18.2 Å². The standard InChI is InChI=1S/C22H20F4N4O3S/c1-3-33-19(31)16-11(2)27-21(34)30-17(16)12-7-9-13(10-8-12)28-20(32)29-18-14(22(24,25)26)5-4-6-15(18)23/h4-10,17H,3H2,1-2H3,(H2,27,30,34)(H2,28,29,32). The first-order valence-electron chi connectivity index (χ1n) is 10.00. The van der Waals surface area contributed by atoms with Crippen molar-refractivity contribution >= 4 is 40.7 Å². The number of alkyl halides is 3. The first-order valence-corrected chi connectivity index (χ1v) is 10.4. The average Bonchev–Trinajstić information content (AvgIpc) is 2.74. The molecule has 2 amide bonds. The molecular weight excluding hydrogens is 476 g/mol. The van der Waals surface area contributed by atoms with Crippen LogP contribution in [-0.2, 0) is 15.7 Å². The van der Waals surface area contributed by atoms with Crippen molar-refractivity contribution in [2.45, 2.75) is 26.1 Å². The second-order valence-corrected chi connectivity index (χ2v) is 7.56. The van der Waals surface area contributed by atoms with Gasteiger partial charge in [0.05, 0.1) is 29.5 Å². The SMILES string of the molecule is CCOC(=O)C1=C(C)NC(=S)NC1c1ccc(NC(=O)Nc2c(F)cccc2C(F)(F)F)cc1. The summed E-state index contributed by atoms with van der Waals surface area (Å²) in [6, 6.07) is 6.85. The number of carbonyl (C=O) groups excluding carboxylic acids is 2. The van der Waals surface area contributed by atoms with Gasteiger partial charge in [-0.2, -0.15) is 13.2 Å². The number of nitrogens with one attached hydrogen (secondary N) is 4. The number of ether oxygens (including phenoxy) is 1. The number of halogens is 4. The van der Waals surface area contributed by atoms with Gasteiger partial charge in [0.15, 0.2) is 5.11 Å². The van der Waals surface area contributed by atoms with Crippen LogP contribution in [0.15, 0.2) is 53.7 Å². The summed E-state index contributed by atoms with van der Waals surface area (Å²) >= 11 is 5.17. The molecule has 0 saturated heterocycles. The molecule has 0 aromatic heterocycles. The average molecular weight is 496 g/mol. The van der Waals surface area contributed by atoms with Crippen LogP contribution in [0.2, 0.25) is 0 Å². The van der Waals surface area contributed by atoms with Gasteiger partial charge in [0, 0.05) is 11.4 Å². The minimum absolute atomic E-state index is 0.183. The number of hydrogen-bond acceptors (Lipinski definition) is 4.